The van der Waals surface area contributed by atoms with Gasteiger partial charge in [-0.05, 0) is 67.1 Å². The molecule has 2 aromatic carbocycles. The van der Waals surface area contributed by atoms with E-state index in [1.807, 2.05) is 38.1 Å². The molecule has 3 nitrogen and oxygen atoms in total. The summed E-state index contributed by atoms with van der Waals surface area (Å²) < 4.78 is 0. The van der Waals surface area contributed by atoms with Crippen LogP contribution < -0.4 is 0 Å². The average Bonchev–Trinajstić information content (AvgIpc) is 2.44. The van der Waals surface area contributed by atoms with Crippen LogP contribution in [0.15, 0.2) is 46.6 Å². The summed E-state index contributed by atoms with van der Waals surface area (Å²) in [6.07, 6.45) is 1.05. The maximum absolute atomic E-state index is 9.92. The van der Waals surface area contributed by atoms with Crippen LogP contribution >= 0.6 is 0 Å². The zero-order valence-corrected chi connectivity index (χ0v) is 13.1. The summed E-state index contributed by atoms with van der Waals surface area (Å²) in [4.78, 5) is 0. The number of phenolic OH excluding ortho intramolecular Hbond substituents is 1. The van der Waals surface area contributed by atoms with Crippen LogP contribution in [0.2, 0.25) is 0 Å². The van der Waals surface area contributed by atoms with Gasteiger partial charge in [0.1, 0.15) is 11.4 Å². The lowest BCUT2D eigenvalue weighted by molar-refractivity contribution is 0.476. The highest BCUT2D eigenvalue weighted by Gasteiger charge is 2.07. The lowest BCUT2D eigenvalue weighted by atomic mass is 9.98. The molecule has 0 saturated carbocycles. The van der Waals surface area contributed by atoms with Gasteiger partial charge in [0.15, 0.2) is 0 Å². The van der Waals surface area contributed by atoms with Crippen LogP contribution in [0.25, 0.3) is 0 Å². The first-order valence-corrected chi connectivity index (χ1v) is 7.32. The van der Waals surface area contributed by atoms with Crippen LogP contribution in [0.3, 0.4) is 0 Å². The Balaban J connectivity index is 2.31. The van der Waals surface area contributed by atoms with Crippen LogP contribution in [0.4, 0.5) is 11.4 Å². The van der Waals surface area contributed by atoms with Gasteiger partial charge in [-0.3, -0.25) is 0 Å². The second-order valence-electron chi connectivity index (χ2n) is 5.60. The summed E-state index contributed by atoms with van der Waals surface area (Å²) in [6, 6.07) is 11.6. The maximum atomic E-state index is 9.92. The zero-order chi connectivity index (χ0) is 15.4. The average molecular weight is 282 g/mol. The van der Waals surface area contributed by atoms with Crippen LogP contribution in [-0.4, -0.2) is 5.11 Å². The van der Waals surface area contributed by atoms with Crippen molar-refractivity contribution in [2.75, 3.05) is 0 Å². The summed E-state index contributed by atoms with van der Waals surface area (Å²) in [6.45, 7) is 8.38. The predicted octanol–water partition coefficient (Wildman–Crippen LogP) is 5.94. The van der Waals surface area contributed by atoms with Gasteiger partial charge in [-0.2, -0.15) is 5.11 Å². The second kappa shape index (κ2) is 6.53. The fraction of sp³-hybridized carbons (Fsp3) is 0.333. The molecule has 0 spiro atoms. The van der Waals surface area contributed by atoms with Gasteiger partial charge in [-0.1, -0.05) is 26.0 Å². The van der Waals surface area contributed by atoms with Gasteiger partial charge in [0.05, 0.1) is 5.69 Å². The van der Waals surface area contributed by atoms with Gasteiger partial charge in [0.25, 0.3) is 0 Å². The van der Waals surface area contributed by atoms with E-state index in [2.05, 4.69) is 30.1 Å². The molecule has 1 unspecified atom stereocenters. The summed E-state index contributed by atoms with van der Waals surface area (Å²) >= 11 is 0. The fourth-order valence-corrected chi connectivity index (χ4v) is 2.28. The quantitative estimate of drug-likeness (QED) is 0.693. The fourth-order valence-electron chi connectivity index (χ4n) is 2.28. The minimum atomic E-state index is 0.162. The standard InChI is InChI=1S/C18H22N2O/c1-5-14(4)15-6-7-18(21)17(11-15)20-19-16-9-12(2)8-13(3)10-16/h6-11,14,21H,5H2,1-4H3. The maximum Gasteiger partial charge on any atom is 0.143 e. The van der Waals surface area contributed by atoms with E-state index in [0.717, 1.165) is 23.2 Å². The smallest absolute Gasteiger partial charge is 0.143 e. The Morgan fingerprint density at radius 1 is 1.00 bits per heavy atom. The molecule has 0 aliphatic rings. The highest BCUT2D eigenvalue weighted by molar-refractivity contribution is 5.53. The Morgan fingerprint density at radius 3 is 2.29 bits per heavy atom. The predicted molar refractivity (Wildman–Crippen MR) is 86.9 cm³/mol. The molecule has 0 amide bonds. The third kappa shape index (κ3) is 3.91. The summed E-state index contributed by atoms with van der Waals surface area (Å²) in [5, 5.41) is 18.4. The van der Waals surface area contributed by atoms with E-state index in [9.17, 15) is 5.11 Å². The van der Waals surface area contributed by atoms with E-state index in [-0.39, 0.29) is 5.75 Å². The number of azo groups is 1. The minimum Gasteiger partial charge on any atom is -0.506 e. The molecule has 0 bridgehead atoms. The molecule has 3 heteroatoms. The number of rotatable bonds is 4. The molecule has 0 aromatic heterocycles. The van der Waals surface area contributed by atoms with Crippen molar-refractivity contribution in [1.82, 2.24) is 0 Å². The number of nitrogens with zero attached hydrogens (tertiary/aromatic N) is 2. The lowest BCUT2D eigenvalue weighted by Crippen LogP contribution is -1.90. The summed E-state index contributed by atoms with van der Waals surface area (Å²) in [5.74, 6) is 0.607. The SMILES string of the molecule is CCC(C)c1ccc(O)c(N=Nc2cc(C)cc(C)c2)c1. The number of aryl methyl sites for hydroxylation is 2. The Bertz CT molecular complexity index is 642. The van der Waals surface area contributed by atoms with Crippen molar-refractivity contribution >= 4 is 11.4 Å². The van der Waals surface area contributed by atoms with Gasteiger partial charge in [0.2, 0.25) is 0 Å². The highest BCUT2D eigenvalue weighted by Crippen LogP contribution is 2.32. The highest BCUT2D eigenvalue weighted by atomic mass is 16.3. The molecule has 1 atom stereocenters. The van der Waals surface area contributed by atoms with Crippen LogP contribution in [0.1, 0.15) is 42.9 Å². The number of phenols is 1. The van der Waals surface area contributed by atoms with Gasteiger partial charge in [-0.25, -0.2) is 0 Å². The molecule has 0 saturated heterocycles. The van der Waals surface area contributed by atoms with E-state index >= 15 is 0 Å². The second-order valence-corrected chi connectivity index (χ2v) is 5.60. The Labute approximate surface area is 126 Å². The molecule has 0 fully saturated rings. The molecule has 0 heterocycles. The molecule has 2 rings (SSSR count). The summed E-state index contributed by atoms with van der Waals surface area (Å²) in [7, 11) is 0. The molecule has 1 N–H and O–H groups in total. The van der Waals surface area contributed by atoms with Crippen molar-refractivity contribution < 1.29 is 5.11 Å². The van der Waals surface area contributed by atoms with E-state index in [0.29, 0.717) is 11.6 Å². The molecular weight excluding hydrogens is 260 g/mol. The van der Waals surface area contributed by atoms with E-state index in [4.69, 9.17) is 0 Å². The number of aromatic hydroxyl groups is 1. The van der Waals surface area contributed by atoms with Crippen molar-refractivity contribution in [2.45, 2.75) is 40.0 Å². The normalized spacial score (nSPS) is 12.8. The van der Waals surface area contributed by atoms with Crippen LogP contribution in [0.5, 0.6) is 5.75 Å². The van der Waals surface area contributed by atoms with Crippen LogP contribution in [0, 0.1) is 13.8 Å². The van der Waals surface area contributed by atoms with E-state index < -0.39 is 0 Å². The van der Waals surface area contributed by atoms with Gasteiger partial charge in [-0.15, -0.1) is 5.11 Å². The molecular formula is C18H22N2O. The molecule has 0 aliphatic carbocycles. The Morgan fingerprint density at radius 2 is 1.67 bits per heavy atom. The van der Waals surface area contributed by atoms with Crippen molar-refractivity contribution in [3.63, 3.8) is 0 Å². The van der Waals surface area contributed by atoms with E-state index in [1.165, 1.54) is 5.56 Å². The number of hydrogen-bond acceptors (Lipinski definition) is 3. The first-order valence-electron chi connectivity index (χ1n) is 7.32. The van der Waals surface area contributed by atoms with E-state index in [1.54, 1.807) is 6.07 Å². The molecule has 110 valence electrons. The largest absolute Gasteiger partial charge is 0.506 e. The van der Waals surface area contributed by atoms with Crippen LogP contribution in [-0.2, 0) is 0 Å². The number of benzene rings is 2. The van der Waals surface area contributed by atoms with Gasteiger partial charge < -0.3 is 5.11 Å². The first-order chi connectivity index (χ1) is 9.99. The van der Waals surface area contributed by atoms with Crippen molar-refractivity contribution in [3.8, 4) is 5.75 Å². The Kier molecular flexibility index (Phi) is 4.73. The van der Waals surface area contributed by atoms with Crippen molar-refractivity contribution in [2.24, 2.45) is 10.2 Å². The molecule has 0 radical (unpaired) electrons. The lowest BCUT2D eigenvalue weighted by Gasteiger charge is -2.09. The first kappa shape index (κ1) is 15.2. The molecule has 21 heavy (non-hydrogen) atoms. The van der Waals surface area contributed by atoms with Gasteiger partial charge >= 0.3 is 0 Å². The third-order valence-corrected chi connectivity index (χ3v) is 3.66. The third-order valence-electron chi connectivity index (χ3n) is 3.66. The molecule has 0 aliphatic heterocycles. The number of hydrogen-bond donors (Lipinski definition) is 1. The zero-order valence-electron chi connectivity index (χ0n) is 13.1. The molecule has 2 aromatic rings. The van der Waals surface area contributed by atoms with Crippen molar-refractivity contribution in [1.29, 1.82) is 0 Å². The Hall–Kier alpha value is -2.16. The monoisotopic (exact) mass is 282 g/mol. The van der Waals surface area contributed by atoms with Crippen molar-refractivity contribution in [3.05, 3.63) is 53.1 Å². The minimum absolute atomic E-state index is 0.162. The summed E-state index contributed by atoms with van der Waals surface area (Å²) in [5.41, 5.74) is 4.81. The van der Waals surface area contributed by atoms with Gasteiger partial charge in [0, 0.05) is 0 Å². The topological polar surface area (TPSA) is 45.0 Å².